The standard InChI is InChI=1S/C13H19ClN2O4S/c1-4-5-16(8-13(17)20-3)21(18,19)12-7-10(14)6-11(15)9(12)2/h6-7H,4-5,8,15H2,1-3H3. The lowest BCUT2D eigenvalue weighted by atomic mass is 10.2. The van der Waals surface area contributed by atoms with Gasteiger partial charge in [0.1, 0.15) is 6.54 Å². The molecule has 0 amide bonds. The highest BCUT2D eigenvalue weighted by atomic mass is 35.5. The lowest BCUT2D eigenvalue weighted by Crippen LogP contribution is -2.37. The molecule has 0 unspecified atom stereocenters. The van der Waals surface area contributed by atoms with E-state index in [9.17, 15) is 13.2 Å². The van der Waals surface area contributed by atoms with Gasteiger partial charge in [-0.2, -0.15) is 4.31 Å². The van der Waals surface area contributed by atoms with Crippen LogP contribution in [0.2, 0.25) is 5.02 Å². The van der Waals surface area contributed by atoms with Crippen LogP contribution in [0.4, 0.5) is 5.69 Å². The number of sulfonamides is 1. The van der Waals surface area contributed by atoms with Crippen molar-refractivity contribution < 1.29 is 17.9 Å². The second-order valence-corrected chi connectivity index (χ2v) is 6.88. The van der Waals surface area contributed by atoms with Gasteiger partial charge in [-0.05, 0) is 31.0 Å². The summed E-state index contributed by atoms with van der Waals surface area (Å²) >= 11 is 5.89. The van der Waals surface area contributed by atoms with Crippen molar-refractivity contribution in [1.82, 2.24) is 4.31 Å². The Kier molecular flexibility index (Phi) is 6.00. The summed E-state index contributed by atoms with van der Waals surface area (Å²) in [5.74, 6) is -0.625. The number of carbonyl (C=O) groups is 1. The van der Waals surface area contributed by atoms with Crippen LogP contribution in [0.5, 0.6) is 0 Å². The number of hydrogen-bond acceptors (Lipinski definition) is 5. The number of anilines is 1. The van der Waals surface area contributed by atoms with Gasteiger partial charge in [-0.25, -0.2) is 8.42 Å². The van der Waals surface area contributed by atoms with E-state index in [1.54, 1.807) is 6.92 Å². The second kappa shape index (κ2) is 7.11. The molecule has 0 aromatic heterocycles. The summed E-state index contributed by atoms with van der Waals surface area (Å²) in [6, 6.07) is 2.82. The fourth-order valence-corrected chi connectivity index (χ4v) is 3.87. The summed E-state index contributed by atoms with van der Waals surface area (Å²) in [7, 11) is -2.67. The highest BCUT2D eigenvalue weighted by Crippen LogP contribution is 2.28. The van der Waals surface area contributed by atoms with Crippen molar-refractivity contribution in [3.05, 3.63) is 22.7 Å². The molecule has 0 bridgehead atoms. The van der Waals surface area contributed by atoms with Crippen LogP contribution < -0.4 is 5.73 Å². The molecule has 8 heteroatoms. The molecule has 0 aliphatic carbocycles. The van der Waals surface area contributed by atoms with Crippen molar-refractivity contribution in [3.8, 4) is 0 Å². The molecule has 21 heavy (non-hydrogen) atoms. The van der Waals surface area contributed by atoms with Crippen molar-refractivity contribution in [1.29, 1.82) is 0 Å². The molecule has 118 valence electrons. The van der Waals surface area contributed by atoms with Gasteiger partial charge in [0, 0.05) is 17.3 Å². The third-order valence-electron chi connectivity index (χ3n) is 2.99. The van der Waals surface area contributed by atoms with E-state index in [0.717, 1.165) is 4.31 Å². The normalized spacial score (nSPS) is 11.7. The zero-order valence-corrected chi connectivity index (χ0v) is 13.8. The predicted octanol–water partition coefficient (Wildman–Crippen LogP) is 1.80. The summed E-state index contributed by atoms with van der Waals surface area (Å²) in [5, 5.41) is 0.228. The number of methoxy groups -OCH3 is 1. The Bertz CT molecular complexity index is 631. The molecule has 6 nitrogen and oxygen atoms in total. The maximum atomic E-state index is 12.7. The number of nitrogen functional groups attached to an aromatic ring is 1. The van der Waals surface area contributed by atoms with E-state index in [1.807, 2.05) is 6.92 Å². The van der Waals surface area contributed by atoms with E-state index >= 15 is 0 Å². The molecule has 0 aliphatic rings. The third kappa shape index (κ3) is 4.09. The van der Waals surface area contributed by atoms with Gasteiger partial charge in [-0.3, -0.25) is 4.79 Å². The van der Waals surface area contributed by atoms with Crippen LogP contribution in [-0.2, 0) is 19.6 Å². The number of rotatable bonds is 6. The summed E-state index contributed by atoms with van der Waals surface area (Å²) in [5.41, 5.74) is 6.46. The maximum absolute atomic E-state index is 12.7. The number of hydrogen-bond donors (Lipinski definition) is 1. The zero-order chi connectivity index (χ0) is 16.2. The first-order valence-electron chi connectivity index (χ1n) is 6.36. The van der Waals surface area contributed by atoms with E-state index in [0.29, 0.717) is 12.0 Å². The molecule has 0 fully saturated rings. The van der Waals surface area contributed by atoms with Crippen LogP contribution in [0.15, 0.2) is 17.0 Å². The first-order chi connectivity index (χ1) is 9.73. The smallest absolute Gasteiger partial charge is 0.321 e. The Morgan fingerprint density at radius 2 is 2.05 bits per heavy atom. The zero-order valence-electron chi connectivity index (χ0n) is 12.2. The van der Waals surface area contributed by atoms with Crippen molar-refractivity contribution >= 4 is 33.3 Å². The Hall–Kier alpha value is -1.31. The quantitative estimate of drug-likeness (QED) is 0.633. The fourth-order valence-electron chi connectivity index (χ4n) is 1.82. The minimum absolute atomic E-state index is 0.00449. The first kappa shape index (κ1) is 17.7. The van der Waals surface area contributed by atoms with Gasteiger partial charge in [0.15, 0.2) is 0 Å². The molecule has 1 aromatic carbocycles. The summed E-state index contributed by atoms with van der Waals surface area (Å²) in [4.78, 5) is 11.4. The number of carbonyl (C=O) groups excluding carboxylic acids is 1. The summed E-state index contributed by atoms with van der Waals surface area (Å²) < 4.78 is 31.0. The average Bonchev–Trinajstić information content (AvgIpc) is 2.41. The first-order valence-corrected chi connectivity index (χ1v) is 8.18. The Morgan fingerprint density at radius 3 is 2.57 bits per heavy atom. The SMILES string of the molecule is CCCN(CC(=O)OC)S(=O)(=O)c1cc(Cl)cc(N)c1C. The monoisotopic (exact) mass is 334 g/mol. The Labute approximate surface area is 129 Å². The fraction of sp³-hybridized carbons (Fsp3) is 0.462. The van der Waals surface area contributed by atoms with Crippen LogP contribution in [0, 0.1) is 6.92 Å². The molecule has 0 saturated carbocycles. The third-order valence-corrected chi connectivity index (χ3v) is 5.18. The molecule has 0 radical (unpaired) electrons. The minimum Gasteiger partial charge on any atom is -0.468 e. The number of benzene rings is 1. The van der Waals surface area contributed by atoms with Crippen LogP contribution in [0.25, 0.3) is 0 Å². The number of halogens is 1. The number of esters is 1. The second-order valence-electron chi connectivity index (χ2n) is 4.53. The Balaban J connectivity index is 3.32. The van der Waals surface area contributed by atoms with E-state index in [4.69, 9.17) is 17.3 Å². The van der Waals surface area contributed by atoms with Crippen LogP contribution in [0.3, 0.4) is 0 Å². The van der Waals surface area contributed by atoms with Crippen molar-refractivity contribution in [2.75, 3.05) is 25.9 Å². The van der Waals surface area contributed by atoms with Gasteiger partial charge in [-0.1, -0.05) is 18.5 Å². The van der Waals surface area contributed by atoms with Crippen molar-refractivity contribution in [3.63, 3.8) is 0 Å². The summed E-state index contributed by atoms with van der Waals surface area (Å²) in [6.07, 6.45) is 0.561. The molecule has 0 aliphatic heterocycles. The van der Waals surface area contributed by atoms with Crippen LogP contribution >= 0.6 is 11.6 Å². The summed E-state index contributed by atoms with van der Waals surface area (Å²) in [6.45, 7) is 3.27. The van der Waals surface area contributed by atoms with Crippen molar-refractivity contribution in [2.24, 2.45) is 0 Å². The predicted molar refractivity (Wildman–Crippen MR) is 81.7 cm³/mol. The highest BCUT2D eigenvalue weighted by molar-refractivity contribution is 7.89. The number of nitrogens with two attached hydrogens (primary N) is 1. The minimum atomic E-state index is -3.88. The molecule has 1 rings (SSSR count). The largest absolute Gasteiger partial charge is 0.468 e. The number of ether oxygens (including phenoxy) is 1. The molecular formula is C13H19ClN2O4S. The van der Waals surface area contributed by atoms with E-state index in [-0.39, 0.29) is 28.7 Å². The van der Waals surface area contributed by atoms with E-state index in [1.165, 1.54) is 19.2 Å². The maximum Gasteiger partial charge on any atom is 0.321 e. The van der Waals surface area contributed by atoms with Gasteiger partial charge in [0.05, 0.1) is 12.0 Å². The average molecular weight is 335 g/mol. The van der Waals surface area contributed by atoms with Gasteiger partial charge in [-0.15, -0.1) is 0 Å². The molecule has 1 aromatic rings. The van der Waals surface area contributed by atoms with E-state index < -0.39 is 16.0 Å². The molecule has 0 atom stereocenters. The van der Waals surface area contributed by atoms with Gasteiger partial charge < -0.3 is 10.5 Å². The topological polar surface area (TPSA) is 89.7 Å². The molecule has 0 spiro atoms. The van der Waals surface area contributed by atoms with Crippen LogP contribution in [0.1, 0.15) is 18.9 Å². The van der Waals surface area contributed by atoms with Gasteiger partial charge in [0.2, 0.25) is 10.0 Å². The van der Waals surface area contributed by atoms with Gasteiger partial charge >= 0.3 is 5.97 Å². The highest BCUT2D eigenvalue weighted by Gasteiger charge is 2.28. The molecule has 0 saturated heterocycles. The van der Waals surface area contributed by atoms with Crippen LogP contribution in [-0.4, -0.2) is 38.9 Å². The molecule has 2 N–H and O–H groups in total. The lowest BCUT2D eigenvalue weighted by Gasteiger charge is -2.22. The number of nitrogens with zero attached hydrogens (tertiary/aromatic N) is 1. The van der Waals surface area contributed by atoms with Crippen molar-refractivity contribution in [2.45, 2.75) is 25.2 Å². The molecular weight excluding hydrogens is 316 g/mol. The van der Waals surface area contributed by atoms with E-state index in [2.05, 4.69) is 4.74 Å². The lowest BCUT2D eigenvalue weighted by molar-refractivity contribution is -0.140. The van der Waals surface area contributed by atoms with Gasteiger partial charge in [0.25, 0.3) is 0 Å². The Morgan fingerprint density at radius 1 is 1.43 bits per heavy atom. The molecule has 0 heterocycles.